The van der Waals surface area contributed by atoms with Gasteiger partial charge in [-0.2, -0.15) is 0 Å². The van der Waals surface area contributed by atoms with E-state index in [1.165, 1.54) is 96.3 Å². The fourth-order valence-electron chi connectivity index (χ4n) is 23.5. The number of rotatable bonds is 22. The normalized spacial score (nSPS) is 34.5. The Bertz CT molecular complexity index is 2960. The van der Waals surface area contributed by atoms with Crippen molar-refractivity contribution < 1.29 is 76.6 Å². The molecule has 1 N–H and O–H groups in total. The van der Waals surface area contributed by atoms with E-state index in [0.29, 0.717) is 66.8 Å². The van der Waals surface area contributed by atoms with Gasteiger partial charge in [0.25, 0.3) is 0 Å². The van der Waals surface area contributed by atoms with Crippen LogP contribution in [0.3, 0.4) is 0 Å². The first-order chi connectivity index (χ1) is 49.1. The monoisotopic (exact) mass is 1630 g/mol. The van der Waals surface area contributed by atoms with Gasteiger partial charge in [-0.05, 0) is 358 Å². The van der Waals surface area contributed by atoms with Gasteiger partial charge in [-0.1, -0.05) is 136 Å². The van der Waals surface area contributed by atoms with Crippen LogP contribution in [0.1, 0.15) is 424 Å². The largest absolute Gasteiger partial charge is 0.463 e. The van der Waals surface area contributed by atoms with Crippen LogP contribution in [0, 0.1) is 115 Å². The van der Waals surface area contributed by atoms with Gasteiger partial charge in [0.05, 0.1) is 51.3 Å². The number of hydrogen-bond acceptors (Lipinski definition) is 16. The zero-order valence-electron chi connectivity index (χ0n) is 69.3. The Morgan fingerprint density at radius 1 is 0.452 bits per heavy atom. The van der Waals surface area contributed by atoms with E-state index in [1.807, 2.05) is 90.0 Å². The van der Waals surface area contributed by atoms with Gasteiger partial charge in [0, 0.05) is 12.8 Å². The van der Waals surface area contributed by atoms with Crippen LogP contribution in [0.2, 0.25) is 0 Å². The molecule has 18 aliphatic rings. The second kappa shape index (κ2) is 42.8. The summed E-state index contributed by atoms with van der Waals surface area (Å²) < 4.78 is 46.4. The summed E-state index contributed by atoms with van der Waals surface area (Å²) in [6, 6.07) is 0. The van der Waals surface area contributed by atoms with Gasteiger partial charge in [0.2, 0.25) is 6.10 Å². The lowest BCUT2D eigenvalue weighted by molar-refractivity contribution is -0.231. The van der Waals surface area contributed by atoms with Crippen molar-refractivity contribution in [1.29, 1.82) is 0 Å². The summed E-state index contributed by atoms with van der Waals surface area (Å²) in [7, 11) is 0. The first kappa shape index (κ1) is 111. The van der Waals surface area contributed by atoms with Gasteiger partial charge < -0.3 is 43.0 Å². The molecule has 18 rings (SSSR count). The SMILES string of the molecule is C.C.C.C.C.C.C.C.C.C.CCC(C)(C)C(=O)OC1(C(C)C)C2CC3CC(C2)CC1C3.CCC(C)(C)C(=O)OC12CC3CC(CC(O)(C3)C1)C2.CCC(C)(C)C(=O)OC1C2CC3CC1CC(C(=O)OC(C)OCC14CC5CC(CC(C5)C1)C4)(C3)C2.CCC(C)(C)C(=O)OC1CCOC1=O.CCC1(OC(=O)C(C)(C)CC)CCCCC1. The third-order valence-corrected chi connectivity index (χ3v) is 30.8. The zero-order chi connectivity index (χ0) is 76.9. The van der Waals surface area contributed by atoms with Crippen molar-refractivity contribution in [2.24, 2.45) is 115 Å². The number of ether oxygens (including phenoxy) is 8. The molecule has 16 bridgehead atoms. The lowest BCUT2D eigenvalue weighted by Gasteiger charge is -2.62. The average molecular weight is 1630 g/mol. The van der Waals surface area contributed by atoms with Crippen molar-refractivity contribution in [3.05, 3.63) is 0 Å². The Morgan fingerprint density at radius 2 is 0.843 bits per heavy atom. The summed E-state index contributed by atoms with van der Waals surface area (Å²) in [5.41, 5.74) is -3.38. The van der Waals surface area contributed by atoms with Crippen LogP contribution < -0.4 is 0 Å². The predicted molar refractivity (Wildman–Crippen MR) is 472 cm³/mol. The van der Waals surface area contributed by atoms with Gasteiger partial charge in [-0.3, -0.25) is 28.8 Å². The van der Waals surface area contributed by atoms with E-state index in [-0.39, 0.29) is 156 Å². The lowest BCUT2D eigenvalue weighted by atomic mass is 9.47. The van der Waals surface area contributed by atoms with Gasteiger partial charge in [0.1, 0.15) is 22.9 Å². The van der Waals surface area contributed by atoms with Crippen LogP contribution in [0.4, 0.5) is 0 Å². The minimum Gasteiger partial charge on any atom is -0.463 e. The molecule has 0 amide bonds. The standard InChI is InChI=1S/C30H46O5.C19H32O2.C16H26O3.C14H26O2.C10H16O4.10CH4/c1-5-28(3,4)26(31)35-25-23-9-22-10-24(25)16-30(14-22,15-23)27(32)34-18(2)33-17-29-11-19-6-20(12-29)8-21(7-19)13-29;1-6-18(4,5)17(20)21-19(12(2)3)15-8-13-7-14(10-15)11-16(19)9-13;1-4-14(2,3)13(17)19-16-8-11-5-12(9-16)7-15(18,6-11)10-16;1-5-13(3,4)12(15)16-14(6-2)10-8-7-9-11-14;1-4-10(2,3)9(12)14-7-5-6-13-8(7)11;;;;;;;;;;/h18-25H,5-17H2,1-4H3;12-16H,6-11H2,1-5H3;11-12,18H,4-10H2,1-3H3;5-11H2,1-4H3;7H,4-6H2,1-3H3;10*1H4. The summed E-state index contributed by atoms with van der Waals surface area (Å²) in [6.07, 6.45) is 35.2. The molecule has 1 aliphatic heterocycles. The van der Waals surface area contributed by atoms with Crippen molar-refractivity contribution in [1.82, 2.24) is 0 Å². The average Bonchev–Trinajstić information content (AvgIpc) is 0.886. The Hall–Kier alpha value is -3.79. The molecule has 18 fully saturated rings. The molecule has 0 aromatic rings. The zero-order valence-corrected chi connectivity index (χ0v) is 69.3. The van der Waals surface area contributed by atoms with Crippen molar-refractivity contribution in [2.75, 3.05) is 13.2 Å². The highest BCUT2D eigenvalue weighted by molar-refractivity contribution is 5.83. The van der Waals surface area contributed by atoms with Crippen LogP contribution in [0.25, 0.3) is 0 Å². The first-order valence-electron chi connectivity index (χ1n) is 42.9. The van der Waals surface area contributed by atoms with E-state index in [0.717, 1.165) is 139 Å². The Kier molecular flexibility index (Phi) is 41.4. The van der Waals surface area contributed by atoms with E-state index in [2.05, 4.69) is 27.7 Å². The fourth-order valence-corrected chi connectivity index (χ4v) is 23.5. The van der Waals surface area contributed by atoms with Crippen molar-refractivity contribution in [3.8, 4) is 0 Å². The number of carbonyl (C=O) groups is 7. The summed E-state index contributed by atoms with van der Waals surface area (Å²) >= 11 is 0. The molecule has 16 nitrogen and oxygen atoms in total. The molecule has 16 heteroatoms. The number of carbonyl (C=O) groups excluding carboxylic acids is 7. The maximum Gasteiger partial charge on any atom is 0.347 e. The maximum absolute atomic E-state index is 13.6. The third kappa shape index (κ3) is 24.6. The summed E-state index contributed by atoms with van der Waals surface area (Å²) in [4.78, 5) is 86.2. The molecule has 1 heterocycles. The molecule has 115 heavy (non-hydrogen) atoms. The Morgan fingerprint density at radius 3 is 1.24 bits per heavy atom. The van der Waals surface area contributed by atoms with Gasteiger partial charge in [-0.15, -0.1) is 0 Å². The van der Waals surface area contributed by atoms with Crippen molar-refractivity contribution in [3.63, 3.8) is 0 Å². The smallest absolute Gasteiger partial charge is 0.347 e. The molecule has 1 saturated heterocycles. The van der Waals surface area contributed by atoms with Crippen molar-refractivity contribution >= 4 is 41.8 Å². The Labute approximate surface area is 707 Å². The van der Waals surface area contributed by atoms with E-state index < -0.39 is 45.6 Å². The fraction of sp³-hybridized carbons (Fsp3) is 0.929. The van der Waals surface area contributed by atoms with Crippen LogP contribution in [-0.2, 0) is 71.5 Å². The molecule has 678 valence electrons. The Balaban J connectivity index is 0.00000144. The molecule has 17 saturated carbocycles. The van der Waals surface area contributed by atoms with Crippen molar-refractivity contribution in [2.45, 2.75) is 465 Å². The number of aliphatic hydroxyl groups is 1. The quantitative estimate of drug-likeness (QED) is 0.0606. The second-order valence-electron chi connectivity index (χ2n) is 41.3. The van der Waals surface area contributed by atoms with Crippen LogP contribution >= 0.6 is 0 Å². The molecule has 0 aromatic carbocycles. The molecular weight excluding hydrogens is 1450 g/mol. The first-order valence-corrected chi connectivity index (χ1v) is 42.9. The molecule has 6 unspecified atom stereocenters. The molecule has 0 spiro atoms. The highest BCUT2D eigenvalue weighted by Gasteiger charge is 2.64. The van der Waals surface area contributed by atoms with E-state index in [1.54, 1.807) is 13.8 Å². The molecule has 0 aromatic heterocycles. The number of hydrogen-bond donors (Lipinski definition) is 1. The maximum atomic E-state index is 13.6. The van der Waals surface area contributed by atoms with Gasteiger partial charge >= 0.3 is 41.8 Å². The number of cyclic esters (lactones) is 1. The van der Waals surface area contributed by atoms with Crippen LogP contribution in [0.5, 0.6) is 0 Å². The second-order valence-corrected chi connectivity index (χ2v) is 41.3. The molecule has 0 radical (unpaired) electrons. The minimum absolute atomic E-state index is 0. The van der Waals surface area contributed by atoms with Gasteiger partial charge in [-0.25, -0.2) is 4.79 Å². The van der Waals surface area contributed by atoms with Crippen LogP contribution in [-0.4, -0.2) is 101 Å². The van der Waals surface area contributed by atoms with Crippen LogP contribution in [0.15, 0.2) is 0 Å². The third-order valence-electron chi connectivity index (χ3n) is 30.8. The molecular formula is C99H186O16. The van der Waals surface area contributed by atoms with E-state index in [9.17, 15) is 38.7 Å². The number of esters is 7. The summed E-state index contributed by atoms with van der Waals surface area (Å²) in [5, 5.41) is 10.6. The highest BCUT2D eigenvalue weighted by atomic mass is 16.7. The lowest BCUT2D eigenvalue weighted by Crippen LogP contribution is -2.63. The topological polar surface area (TPSA) is 214 Å². The minimum atomic E-state index is -0.687. The summed E-state index contributed by atoms with van der Waals surface area (Å²) in [5.74, 6) is 7.48. The summed E-state index contributed by atoms with van der Waals surface area (Å²) in [6.45, 7) is 39.2. The van der Waals surface area contributed by atoms with Gasteiger partial charge in [0.15, 0.2) is 6.29 Å². The molecule has 6 atom stereocenters. The predicted octanol–water partition coefficient (Wildman–Crippen LogP) is 25.9. The highest BCUT2D eigenvalue weighted by Crippen LogP contribution is 2.65. The van der Waals surface area contributed by atoms with E-state index >= 15 is 0 Å². The van der Waals surface area contributed by atoms with E-state index in [4.69, 9.17) is 37.9 Å². The molecule has 17 aliphatic carbocycles.